The number of carbonyl (C=O) groups is 1. The van der Waals surface area contributed by atoms with Crippen molar-refractivity contribution in [3.8, 4) is 0 Å². The Labute approximate surface area is 144 Å². The predicted molar refractivity (Wildman–Crippen MR) is 97.9 cm³/mol. The van der Waals surface area contributed by atoms with Crippen LogP contribution in [0.4, 0.5) is 11.4 Å². The average Bonchev–Trinajstić information content (AvgIpc) is 2.90. The number of halogens is 1. The number of nitrogens with one attached hydrogen (secondary N) is 2. The summed E-state index contributed by atoms with van der Waals surface area (Å²) in [5.74, 6) is 0. The first-order valence-corrected chi connectivity index (χ1v) is 9.13. The average molecular weight is 356 g/mol. The van der Waals surface area contributed by atoms with Crippen LogP contribution in [0.3, 0.4) is 0 Å². The van der Waals surface area contributed by atoms with Crippen molar-refractivity contribution in [1.29, 1.82) is 0 Å². The lowest BCUT2D eigenvalue weighted by molar-refractivity contribution is -0.107. The van der Waals surface area contributed by atoms with Gasteiger partial charge < -0.3 is 10.2 Å². The van der Waals surface area contributed by atoms with Gasteiger partial charge in [0, 0.05) is 23.3 Å². The molecule has 0 spiro atoms. The number of rotatable bonds is 8. The van der Waals surface area contributed by atoms with Crippen molar-refractivity contribution in [3.05, 3.63) is 45.1 Å². The molecule has 1 aromatic carbocycles. The van der Waals surface area contributed by atoms with Crippen LogP contribution in [0, 0.1) is 0 Å². The van der Waals surface area contributed by atoms with Crippen LogP contribution in [0.15, 0.2) is 30.3 Å². The van der Waals surface area contributed by atoms with Gasteiger partial charge in [-0.15, -0.1) is 11.3 Å². The summed E-state index contributed by atoms with van der Waals surface area (Å²) < 4.78 is 3.19. The van der Waals surface area contributed by atoms with E-state index in [1.54, 1.807) is 28.2 Å². The summed E-state index contributed by atoms with van der Waals surface area (Å²) >= 11 is 9.43. The van der Waals surface area contributed by atoms with Crippen molar-refractivity contribution in [3.63, 3.8) is 0 Å². The molecule has 118 valence electrons. The number of anilines is 2. The minimum Gasteiger partial charge on any atom is -0.386 e. The third-order valence-electron chi connectivity index (χ3n) is 3.12. The van der Waals surface area contributed by atoms with Gasteiger partial charge in [0.15, 0.2) is 0 Å². The molecule has 22 heavy (non-hydrogen) atoms. The summed E-state index contributed by atoms with van der Waals surface area (Å²) in [6, 6.07) is 9.66. The standard InChI is InChI=1S/C15H18ClN3OS2/c1-17-13-5-3-4-6-14(13)19(10-20)9-11-7-12(16)15(22-11)8-18-21-2/h3-7,10,17-18H,8-9H2,1-2H3. The predicted octanol–water partition coefficient (Wildman–Crippen LogP) is 3.97. The monoisotopic (exact) mass is 355 g/mol. The van der Waals surface area contributed by atoms with Gasteiger partial charge in [0.25, 0.3) is 0 Å². The number of para-hydroxylation sites is 2. The van der Waals surface area contributed by atoms with E-state index < -0.39 is 0 Å². The molecule has 0 saturated carbocycles. The van der Waals surface area contributed by atoms with Crippen molar-refractivity contribution >= 4 is 52.7 Å². The molecule has 2 aromatic rings. The molecule has 0 fully saturated rings. The first-order chi connectivity index (χ1) is 10.7. The lowest BCUT2D eigenvalue weighted by atomic mass is 10.2. The van der Waals surface area contributed by atoms with Gasteiger partial charge in [-0.05, 0) is 24.5 Å². The normalized spacial score (nSPS) is 10.5. The highest BCUT2D eigenvalue weighted by molar-refractivity contribution is 7.96. The van der Waals surface area contributed by atoms with Crippen molar-refractivity contribution in [2.75, 3.05) is 23.5 Å². The molecule has 1 heterocycles. The Hall–Kier alpha value is -1.21. The first-order valence-electron chi connectivity index (χ1n) is 6.71. The van der Waals surface area contributed by atoms with E-state index in [-0.39, 0.29) is 0 Å². The fourth-order valence-corrected chi connectivity index (χ4v) is 3.83. The maximum atomic E-state index is 11.5. The minimum absolute atomic E-state index is 0.506. The van der Waals surface area contributed by atoms with Gasteiger partial charge in [0.2, 0.25) is 6.41 Å². The zero-order valence-electron chi connectivity index (χ0n) is 12.4. The Morgan fingerprint density at radius 3 is 2.86 bits per heavy atom. The van der Waals surface area contributed by atoms with Crippen molar-refractivity contribution in [2.45, 2.75) is 13.1 Å². The van der Waals surface area contributed by atoms with Crippen LogP contribution in [0.2, 0.25) is 5.02 Å². The van der Waals surface area contributed by atoms with Crippen LogP contribution in [-0.4, -0.2) is 19.7 Å². The van der Waals surface area contributed by atoms with Crippen molar-refractivity contribution < 1.29 is 4.79 Å². The molecule has 7 heteroatoms. The fraction of sp³-hybridized carbons (Fsp3) is 0.267. The van der Waals surface area contributed by atoms with Gasteiger partial charge in [-0.1, -0.05) is 35.7 Å². The summed E-state index contributed by atoms with van der Waals surface area (Å²) in [4.78, 5) is 15.3. The molecular weight excluding hydrogens is 338 g/mol. The van der Waals surface area contributed by atoms with E-state index in [1.165, 1.54) is 0 Å². The highest BCUT2D eigenvalue weighted by Gasteiger charge is 2.13. The number of thiophene rings is 1. The van der Waals surface area contributed by atoms with Gasteiger partial charge in [0.1, 0.15) is 0 Å². The molecule has 0 aliphatic heterocycles. The van der Waals surface area contributed by atoms with E-state index >= 15 is 0 Å². The molecule has 4 nitrogen and oxygen atoms in total. The third-order valence-corrected chi connectivity index (χ3v) is 5.12. The Balaban J connectivity index is 2.18. The van der Waals surface area contributed by atoms with Crippen LogP contribution < -0.4 is 14.9 Å². The van der Waals surface area contributed by atoms with Gasteiger partial charge in [-0.3, -0.25) is 9.52 Å². The molecule has 1 aromatic heterocycles. The lowest BCUT2D eigenvalue weighted by Crippen LogP contribution is -2.20. The molecule has 2 rings (SSSR count). The Kier molecular flexibility index (Phi) is 6.57. The van der Waals surface area contributed by atoms with Crippen LogP contribution in [0.5, 0.6) is 0 Å². The summed E-state index contributed by atoms with van der Waals surface area (Å²) in [7, 11) is 1.84. The van der Waals surface area contributed by atoms with Gasteiger partial charge in [-0.25, -0.2) is 0 Å². The first kappa shape index (κ1) is 17.1. The van der Waals surface area contributed by atoms with E-state index in [0.29, 0.717) is 6.54 Å². The number of benzene rings is 1. The zero-order chi connectivity index (χ0) is 15.9. The second-order valence-electron chi connectivity index (χ2n) is 4.51. The van der Waals surface area contributed by atoms with Crippen molar-refractivity contribution in [2.24, 2.45) is 0 Å². The molecule has 0 aliphatic rings. The number of hydrogen-bond donors (Lipinski definition) is 2. The van der Waals surface area contributed by atoms with Crippen LogP contribution in [-0.2, 0) is 17.9 Å². The summed E-state index contributed by atoms with van der Waals surface area (Å²) in [6.45, 7) is 1.23. The fourth-order valence-electron chi connectivity index (χ4n) is 2.08. The zero-order valence-corrected chi connectivity index (χ0v) is 14.8. The Bertz CT molecular complexity index is 633. The molecule has 0 saturated heterocycles. The molecule has 0 radical (unpaired) electrons. The SMILES string of the molecule is CNc1ccccc1N(C=O)Cc1cc(Cl)c(CNSC)s1. The van der Waals surface area contributed by atoms with Crippen molar-refractivity contribution in [1.82, 2.24) is 4.72 Å². The maximum Gasteiger partial charge on any atom is 0.214 e. The molecule has 2 N–H and O–H groups in total. The van der Waals surface area contributed by atoms with Crippen LogP contribution in [0.1, 0.15) is 9.75 Å². The molecular formula is C15H18ClN3OS2. The summed E-state index contributed by atoms with van der Waals surface area (Å²) in [6.07, 6.45) is 2.83. The van der Waals surface area contributed by atoms with Crippen LogP contribution in [0.25, 0.3) is 0 Å². The highest BCUT2D eigenvalue weighted by Crippen LogP contribution is 2.31. The topological polar surface area (TPSA) is 44.4 Å². The smallest absolute Gasteiger partial charge is 0.214 e. The third kappa shape index (κ3) is 4.16. The van der Waals surface area contributed by atoms with E-state index in [2.05, 4.69) is 10.0 Å². The number of hydrogen-bond acceptors (Lipinski definition) is 5. The molecule has 0 aliphatic carbocycles. The molecule has 0 unspecified atom stereocenters. The van der Waals surface area contributed by atoms with Gasteiger partial charge in [0.05, 0.1) is 22.9 Å². The lowest BCUT2D eigenvalue weighted by Gasteiger charge is -2.19. The summed E-state index contributed by atoms with van der Waals surface area (Å²) in [5, 5.41) is 3.85. The largest absolute Gasteiger partial charge is 0.386 e. The van der Waals surface area contributed by atoms with Gasteiger partial charge >= 0.3 is 0 Å². The minimum atomic E-state index is 0.506. The summed E-state index contributed by atoms with van der Waals surface area (Å²) in [5.41, 5.74) is 1.77. The highest BCUT2D eigenvalue weighted by atomic mass is 35.5. The van der Waals surface area contributed by atoms with E-state index in [1.807, 2.05) is 43.6 Å². The van der Waals surface area contributed by atoms with Gasteiger partial charge in [-0.2, -0.15) is 0 Å². The second-order valence-corrected chi connectivity index (χ2v) is 6.83. The van der Waals surface area contributed by atoms with Crippen LogP contribution >= 0.6 is 34.9 Å². The molecule has 0 atom stereocenters. The molecule has 0 bridgehead atoms. The van der Waals surface area contributed by atoms with E-state index in [4.69, 9.17) is 11.6 Å². The van der Waals surface area contributed by atoms with E-state index in [0.717, 1.165) is 39.1 Å². The second kappa shape index (κ2) is 8.43. The number of carbonyl (C=O) groups excluding carboxylic acids is 1. The van der Waals surface area contributed by atoms with E-state index in [9.17, 15) is 4.79 Å². The molecule has 1 amide bonds. The number of nitrogens with zero attached hydrogens (tertiary/aromatic N) is 1. The Morgan fingerprint density at radius 2 is 2.18 bits per heavy atom. The Morgan fingerprint density at radius 1 is 1.41 bits per heavy atom. The maximum absolute atomic E-state index is 11.5. The quantitative estimate of drug-likeness (QED) is 0.555. The number of amides is 1.